The third-order valence-electron chi connectivity index (χ3n) is 2.18. The van der Waals surface area contributed by atoms with Gasteiger partial charge >= 0.3 is 5.97 Å². The van der Waals surface area contributed by atoms with E-state index >= 15 is 0 Å². The van der Waals surface area contributed by atoms with Gasteiger partial charge in [-0.3, -0.25) is 4.72 Å². The van der Waals surface area contributed by atoms with Gasteiger partial charge in [-0.15, -0.1) is 0 Å². The maximum absolute atomic E-state index is 11.6. The molecular weight excluding hydrogens is 284 g/mol. The molecule has 0 aliphatic carbocycles. The normalized spacial score (nSPS) is 11.7. The lowest BCUT2D eigenvalue weighted by molar-refractivity contribution is -0.131. The smallest absolute Gasteiger partial charge is 0.328 e. The van der Waals surface area contributed by atoms with Crippen LogP contribution in [0.25, 0.3) is 6.08 Å². The predicted octanol–water partition coefficient (Wildman–Crippen LogP) is 0.677. The van der Waals surface area contributed by atoms with Crippen LogP contribution in [0.15, 0.2) is 30.3 Å². The van der Waals surface area contributed by atoms with E-state index in [1.54, 1.807) is 12.1 Å². The number of rotatable bonds is 8. The van der Waals surface area contributed by atoms with E-state index in [0.717, 1.165) is 6.08 Å². The number of ether oxygens (including phenoxy) is 1. The summed E-state index contributed by atoms with van der Waals surface area (Å²) >= 11 is 0. The first-order valence-electron chi connectivity index (χ1n) is 5.70. The second-order valence-corrected chi connectivity index (χ2v) is 5.29. The lowest BCUT2D eigenvalue weighted by Crippen LogP contribution is -2.32. The highest BCUT2D eigenvalue weighted by Gasteiger charge is 2.08. The van der Waals surface area contributed by atoms with Crippen LogP contribution >= 0.6 is 0 Å². The molecule has 0 amide bonds. The lowest BCUT2D eigenvalue weighted by Gasteiger charge is -2.09. The Hall–Kier alpha value is -1.90. The van der Waals surface area contributed by atoms with Crippen molar-refractivity contribution in [3.63, 3.8) is 0 Å². The fourth-order valence-electron chi connectivity index (χ4n) is 1.30. The van der Waals surface area contributed by atoms with E-state index in [9.17, 15) is 13.2 Å². The zero-order valence-corrected chi connectivity index (χ0v) is 11.7. The van der Waals surface area contributed by atoms with Crippen molar-refractivity contribution in [2.75, 3.05) is 25.0 Å². The summed E-state index contributed by atoms with van der Waals surface area (Å²) in [5.74, 6) is -1.04. The third-order valence-corrected chi connectivity index (χ3v) is 3.27. The number of anilines is 1. The highest BCUT2D eigenvalue weighted by atomic mass is 32.2. The van der Waals surface area contributed by atoms with Crippen molar-refractivity contribution < 1.29 is 23.1 Å². The van der Waals surface area contributed by atoms with Crippen LogP contribution in [0, 0.1) is 0 Å². The topological polar surface area (TPSA) is 105 Å². The molecule has 0 aliphatic rings. The van der Waals surface area contributed by atoms with Gasteiger partial charge in [0.2, 0.25) is 0 Å². The number of carboxylic acids is 1. The molecule has 0 aromatic heterocycles. The van der Waals surface area contributed by atoms with E-state index < -0.39 is 16.2 Å². The Morgan fingerprint density at radius 1 is 1.35 bits per heavy atom. The molecule has 20 heavy (non-hydrogen) atoms. The maximum Gasteiger partial charge on any atom is 0.328 e. The van der Waals surface area contributed by atoms with Gasteiger partial charge in [-0.1, -0.05) is 12.1 Å². The number of carboxylic acid groups (broad SMARTS) is 1. The molecular formula is C12H16N2O5S. The summed E-state index contributed by atoms with van der Waals surface area (Å²) < 4.78 is 32.6. The summed E-state index contributed by atoms with van der Waals surface area (Å²) in [6.45, 7) is 0.450. The highest BCUT2D eigenvalue weighted by Crippen LogP contribution is 2.11. The molecule has 1 rings (SSSR count). The molecule has 0 unspecified atom stereocenters. The Morgan fingerprint density at radius 3 is 2.55 bits per heavy atom. The Balaban J connectivity index is 2.63. The minimum Gasteiger partial charge on any atom is -0.478 e. The first-order chi connectivity index (χ1) is 9.43. The van der Waals surface area contributed by atoms with Gasteiger partial charge in [-0.25, -0.2) is 4.79 Å². The first kappa shape index (κ1) is 16.2. The van der Waals surface area contributed by atoms with E-state index in [-0.39, 0.29) is 13.2 Å². The largest absolute Gasteiger partial charge is 0.478 e. The fraction of sp³-hybridized carbons (Fsp3) is 0.250. The van der Waals surface area contributed by atoms with E-state index in [1.807, 2.05) is 0 Å². The van der Waals surface area contributed by atoms with Crippen molar-refractivity contribution in [3.8, 4) is 0 Å². The van der Waals surface area contributed by atoms with Crippen LogP contribution in [0.3, 0.4) is 0 Å². The Kier molecular flexibility index (Phi) is 6.16. The lowest BCUT2D eigenvalue weighted by atomic mass is 10.2. The SMILES string of the molecule is COCCNS(=O)(=O)Nc1ccc(/C=C/C(=O)O)cc1. The van der Waals surface area contributed by atoms with Crippen LogP contribution in [-0.2, 0) is 19.7 Å². The van der Waals surface area contributed by atoms with Gasteiger partial charge in [0.15, 0.2) is 0 Å². The molecule has 0 saturated heterocycles. The second-order valence-electron chi connectivity index (χ2n) is 3.79. The summed E-state index contributed by atoms with van der Waals surface area (Å²) in [6.07, 6.45) is 2.42. The van der Waals surface area contributed by atoms with E-state index in [2.05, 4.69) is 9.44 Å². The van der Waals surface area contributed by atoms with Gasteiger partial charge < -0.3 is 9.84 Å². The van der Waals surface area contributed by atoms with E-state index in [0.29, 0.717) is 11.3 Å². The molecule has 0 saturated carbocycles. The minimum atomic E-state index is -3.64. The Morgan fingerprint density at radius 2 is 2.00 bits per heavy atom. The van der Waals surface area contributed by atoms with Crippen molar-refractivity contribution in [2.24, 2.45) is 0 Å². The van der Waals surface area contributed by atoms with Gasteiger partial charge in [-0.2, -0.15) is 13.1 Å². The average Bonchev–Trinajstić information content (AvgIpc) is 2.37. The summed E-state index contributed by atoms with van der Waals surface area (Å²) in [5.41, 5.74) is 1.03. The number of hydrogen-bond donors (Lipinski definition) is 3. The molecule has 0 aliphatic heterocycles. The van der Waals surface area contributed by atoms with Crippen LogP contribution in [-0.4, -0.2) is 39.8 Å². The zero-order chi connectivity index (χ0) is 15.0. The molecule has 7 nitrogen and oxygen atoms in total. The molecule has 0 radical (unpaired) electrons. The van der Waals surface area contributed by atoms with Gasteiger partial charge in [0.05, 0.1) is 6.61 Å². The third kappa shape index (κ3) is 6.32. The van der Waals surface area contributed by atoms with Gasteiger partial charge in [0, 0.05) is 25.4 Å². The summed E-state index contributed by atoms with van der Waals surface area (Å²) in [4.78, 5) is 10.4. The Bertz CT molecular complexity index is 566. The van der Waals surface area contributed by atoms with Crippen LogP contribution in [0.2, 0.25) is 0 Å². The van der Waals surface area contributed by atoms with Crippen molar-refractivity contribution in [2.45, 2.75) is 0 Å². The van der Waals surface area contributed by atoms with Crippen molar-refractivity contribution in [1.29, 1.82) is 0 Å². The van der Waals surface area contributed by atoms with E-state index in [4.69, 9.17) is 9.84 Å². The van der Waals surface area contributed by atoms with Crippen molar-refractivity contribution in [3.05, 3.63) is 35.9 Å². The number of hydrogen-bond acceptors (Lipinski definition) is 4. The number of benzene rings is 1. The first-order valence-corrected chi connectivity index (χ1v) is 7.19. The molecule has 110 valence electrons. The predicted molar refractivity (Wildman–Crippen MR) is 75.5 cm³/mol. The number of nitrogens with one attached hydrogen (secondary N) is 2. The fourth-order valence-corrected chi connectivity index (χ4v) is 2.17. The molecule has 1 aromatic carbocycles. The number of carbonyl (C=O) groups is 1. The molecule has 0 bridgehead atoms. The molecule has 1 aromatic rings. The van der Waals surface area contributed by atoms with E-state index in [1.165, 1.54) is 25.3 Å². The molecule has 0 heterocycles. The van der Waals surface area contributed by atoms with Gasteiger partial charge in [-0.05, 0) is 23.8 Å². The van der Waals surface area contributed by atoms with Gasteiger partial charge in [0.25, 0.3) is 10.2 Å². The molecule has 8 heteroatoms. The van der Waals surface area contributed by atoms with Crippen LogP contribution in [0.1, 0.15) is 5.56 Å². The minimum absolute atomic E-state index is 0.172. The second kappa shape index (κ2) is 7.63. The standard InChI is InChI=1S/C12H16N2O5S/c1-19-9-8-13-20(17,18)14-11-5-2-10(3-6-11)4-7-12(15)16/h2-7,13-14H,8-9H2,1H3,(H,15,16)/b7-4+. The molecule has 0 spiro atoms. The number of aliphatic carboxylic acids is 1. The average molecular weight is 300 g/mol. The number of methoxy groups -OCH3 is 1. The van der Waals surface area contributed by atoms with Crippen LogP contribution < -0.4 is 9.44 Å². The Labute approximate surface area is 117 Å². The summed E-state index contributed by atoms with van der Waals surface area (Å²) in [5, 5.41) is 8.49. The van der Waals surface area contributed by atoms with Crippen molar-refractivity contribution >= 4 is 27.9 Å². The molecule has 0 atom stereocenters. The molecule has 0 fully saturated rings. The van der Waals surface area contributed by atoms with Crippen LogP contribution in [0.5, 0.6) is 0 Å². The van der Waals surface area contributed by atoms with Crippen molar-refractivity contribution in [1.82, 2.24) is 4.72 Å². The monoisotopic (exact) mass is 300 g/mol. The van der Waals surface area contributed by atoms with Crippen LogP contribution in [0.4, 0.5) is 5.69 Å². The maximum atomic E-state index is 11.6. The highest BCUT2D eigenvalue weighted by molar-refractivity contribution is 7.90. The molecule has 3 N–H and O–H groups in total. The summed E-state index contributed by atoms with van der Waals surface area (Å²) in [6, 6.07) is 6.28. The van der Waals surface area contributed by atoms with Gasteiger partial charge in [0.1, 0.15) is 0 Å². The quantitative estimate of drug-likeness (QED) is 0.483. The zero-order valence-electron chi connectivity index (χ0n) is 10.9. The summed E-state index contributed by atoms with van der Waals surface area (Å²) in [7, 11) is -2.16.